The van der Waals surface area contributed by atoms with Crippen molar-refractivity contribution >= 4 is 0 Å². The highest BCUT2D eigenvalue weighted by atomic mass is 16.5. The van der Waals surface area contributed by atoms with Gasteiger partial charge in [0.15, 0.2) is 0 Å². The number of terminal acetylenes is 1. The predicted molar refractivity (Wildman–Crippen MR) is 92.0 cm³/mol. The average Bonchev–Trinajstić information content (AvgIpc) is 2.93. The van der Waals surface area contributed by atoms with Crippen LogP contribution in [0.25, 0.3) is 0 Å². The van der Waals surface area contributed by atoms with Crippen LogP contribution in [0, 0.1) is 12.3 Å². The number of rotatable bonds is 2. The smallest absolute Gasteiger partial charge is 0.109 e. The van der Waals surface area contributed by atoms with E-state index in [1.165, 1.54) is 16.7 Å². The molecule has 2 heteroatoms. The second-order valence-corrected chi connectivity index (χ2v) is 6.47. The van der Waals surface area contributed by atoms with Gasteiger partial charge in [-0.15, -0.1) is 6.42 Å². The van der Waals surface area contributed by atoms with Crippen molar-refractivity contribution in [3.63, 3.8) is 0 Å². The van der Waals surface area contributed by atoms with Crippen LogP contribution in [0.15, 0.2) is 54.6 Å². The lowest BCUT2D eigenvalue weighted by molar-refractivity contribution is -0.0954. The first-order valence-corrected chi connectivity index (χ1v) is 8.30. The van der Waals surface area contributed by atoms with Crippen LogP contribution in [0.5, 0.6) is 0 Å². The summed E-state index contributed by atoms with van der Waals surface area (Å²) in [6, 6.07) is 19.3. The zero-order chi connectivity index (χ0) is 15.7. The van der Waals surface area contributed by atoms with Gasteiger partial charge >= 0.3 is 0 Å². The fourth-order valence-corrected chi connectivity index (χ4v) is 3.96. The van der Waals surface area contributed by atoms with Gasteiger partial charge in [-0.3, -0.25) is 4.90 Å². The summed E-state index contributed by atoms with van der Waals surface area (Å²) in [6.07, 6.45) is 7.52. The van der Waals surface area contributed by atoms with Crippen LogP contribution in [-0.2, 0) is 10.3 Å². The lowest BCUT2D eigenvalue weighted by Gasteiger charge is -2.39. The van der Waals surface area contributed by atoms with E-state index in [9.17, 15) is 0 Å². The number of fused-ring (bicyclic) bond motifs is 2. The Morgan fingerprint density at radius 3 is 2.48 bits per heavy atom. The van der Waals surface area contributed by atoms with Crippen LogP contribution in [0.4, 0.5) is 0 Å². The molecule has 0 N–H and O–H groups in total. The number of hydrogen-bond acceptors (Lipinski definition) is 2. The first-order chi connectivity index (χ1) is 11.3. The lowest BCUT2D eigenvalue weighted by atomic mass is 9.83. The van der Waals surface area contributed by atoms with E-state index in [4.69, 9.17) is 11.2 Å². The third kappa shape index (κ3) is 2.47. The molecule has 0 saturated carbocycles. The summed E-state index contributed by atoms with van der Waals surface area (Å²) in [5.41, 5.74) is 3.78. The molecule has 2 nitrogen and oxygen atoms in total. The molecule has 2 aliphatic rings. The number of nitrogens with zero attached hydrogens (tertiary/aromatic N) is 1. The van der Waals surface area contributed by atoms with Crippen molar-refractivity contribution in [1.29, 1.82) is 0 Å². The molecule has 1 atom stereocenters. The van der Waals surface area contributed by atoms with Gasteiger partial charge in [-0.25, -0.2) is 0 Å². The van der Waals surface area contributed by atoms with Gasteiger partial charge < -0.3 is 4.74 Å². The summed E-state index contributed by atoms with van der Waals surface area (Å²) >= 11 is 0. The van der Waals surface area contributed by atoms with Crippen LogP contribution >= 0.6 is 0 Å². The van der Waals surface area contributed by atoms with Gasteiger partial charge in [0.1, 0.15) is 6.10 Å². The molecule has 1 spiro atoms. The Labute approximate surface area is 138 Å². The Morgan fingerprint density at radius 1 is 1.04 bits per heavy atom. The molecule has 1 saturated heterocycles. The Bertz CT molecular complexity index is 723. The monoisotopic (exact) mass is 303 g/mol. The molecular weight excluding hydrogens is 282 g/mol. The van der Waals surface area contributed by atoms with E-state index in [1.807, 2.05) is 0 Å². The third-order valence-corrected chi connectivity index (χ3v) is 5.16. The van der Waals surface area contributed by atoms with Crippen molar-refractivity contribution in [2.75, 3.05) is 19.6 Å². The van der Waals surface area contributed by atoms with E-state index in [1.54, 1.807) is 0 Å². The molecule has 1 fully saturated rings. The van der Waals surface area contributed by atoms with Gasteiger partial charge in [0, 0.05) is 13.1 Å². The van der Waals surface area contributed by atoms with Gasteiger partial charge in [0.05, 0.1) is 12.1 Å². The summed E-state index contributed by atoms with van der Waals surface area (Å²) in [4.78, 5) is 2.34. The largest absolute Gasteiger partial charge is 0.358 e. The summed E-state index contributed by atoms with van der Waals surface area (Å²) in [5.74, 6) is 2.76. The first-order valence-electron chi connectivity index (χ1n) is 8.30. The van der Waals surface area contributed by atoms with E-state index in [-0.39, 0.29) is 11.7 Å². The molecule has 1 unspecified atom stereocenters. The van der Waals surface area contributed by atoms with Crippen molar-refractivity contribution in [1.82, 2.24) is 4.90 Å². The number of benzene rings is 2. The molecule has 2 aromatic rings. The molecule has 2 aromatic carbocycles. The topological polar surface area (TPSA) is 12.5 Å². The highest BCUT2D eigenvalue weighted by molar-refractivity contribution is 5.43. The fraction of sp³-hybridized carbons (Fsp3) is 0.333. The summed E-state index contributed by atoms with van der Waals surface area (Å²) in [7, 11) is 0. The maximum Gasteiger partial charge on any atom is 0.109 e. The van der Waals surface area contributed by atoms with Gasteiger partial charge in [0.2, 0.25) is 0 Å². The SMILES string of the molecule is C#CCN1CCC2(CC1)OC(c1ccccc1)c1ccccc12. The number of piperidine rings is 1. The van der Waals surface area contributed by atoms with E-state index in [0.717, 1.165) is 32.5 Å². The van der Waals surface area contributed by atoms with Crippen molar-refractivity contribution in [3.05, 3.63) is 71.3 Å². The van der Waals surface area contributed by atoms with Gasteiger partial charge in [0.25, 0.3) is 0 Å². The van der Waals surface area contributed by atoms with Gasteiger partial charge in [-0.05, 0) is 29.5 Å². The predicted octanol–water partition coefficient (Wildman–Crippen LogP) is 3.73. The molecular formula is C21H21NO. The molecule has 4 rings (SSSR count). The summed E-state index contributed by atoms with van der Waals surface area (Å²) in [6.45, 7) is 2.74. The minimum Gasteiger partial charge on any atom is -0.358 e. The Balaban J connectivity index is 1.68. The summed E-state index contributed by atoms with van der Waals surface area (Å²) in [5, 5.41) is 0. The third-order valence-electron chi connectivity index (χ3n) is 5.16. The minimum atomic E-state index is -0.151. The van der Waals surface area contributed by atoms with Crippen molar-refractivity contribution < 1.29 is 4.74 Å². The van der Waals surface area contributed by atoms with Crippen LogP contribution < -0.4 is 0 Å². The molecule has 23 heavy (non-hydrogen) atoms. The van der Waals surface area contributed by atoms with Crippen molar-refractivity contribution in [2.24, 2.45) is 0 Å². The molecule has 116 valence electrons. The standard InChI is InChI=1S/C21H21NO/c1-2-14-22-15-12-21(13-16-22)19-11-7-6-10-18(19)20(23-21)17-8-4-3-5-9-17/h1,3-11,20H,12-16H2. The fourth-order valence-electron chi connectivity index (χ4n) is 3.96. The number of hydrogen-bond donors (Lipinski definition) is 0. The average molecular weight is 303 g/mol. The highest BCUT2D eigenvalue weighted by Gasteiger charge is 2.46. The van der Waals surface area contributed by atoms with E-state index in [0.29, 0.717) is 0 Å². The van der Waals surface area contributed by atoms with E-state index in [2.05, 4.69) is 65.4 Å². The lowest BCUT2D eigenvalue weighted by Crippen LogP contribution is -2.42. The maximum atomic E-state index is 6.69. The van der Waals surface area contributed by atoms with Gasteiger partial charge in [-0.1, -0.05) is 60.5 Å². The molecule has 2 heterocycles. The second-order valence-electron chi connectivity index (χ2n) is 6.47. The normalized spacial score (nSPS) is 22.7. The van der Waals surface area contributed by atoms with Gasteiger partial charge in [-0.2, -0.15) is 0 Å². The van der Waals surface area contributed by atoms with Crippen molar-refractivity contribution in [2.45, 2.75) is 24.5 Å². The molecule has 0 amide bonds. The molecule has 0 aromatic heterocycles. The second kappa shape index (κ2) is 5.85. The van der Waals surface area contributed by atoms with Crippen LogP contribution in [0.2, 0.25) is 0 Å². The highest BCUT2D eigenvalue weighted by Crippen LogP contribution is 2.51. The zero-order valence-corrected chi connectivity index (χ0v) is 13.2. The first kappa shape index (κ1) is 14.5. The van der Waals surface area contributed by atoms with Crippen LogP contribution in [0.1, 0.15) is 35.6 Å². The summed E-state index contributed by atoms with van der Waals surface area (Å²) < 4.78 is 6.69. The molecule has 2 aliphatic heterocycles. The number of ether oxygens (including phenoxy) is 1. The number of likely N-dealkylation sites (tertiary alicyclic amines) is 1. The molecule has 0 bridgehead atoms. The van der Waals surface area contributed by atoms with Crippen molar-refractivity contribution in [3.8, 4) is 12.3 Å². The van der Waals surface area contributed by atoms with E-state index >= 15 is 0 Å². The Kier molecular flexibility index (Phi) is 3.69. The molecule has 0 radical (unpaired) electrons. The Morgan fingerprint density at radius 2 is 1.74 bits per heavy atom. The van der Waals surface area contributed by atoms with Crippen LogP contribution in [-0.4, -0.2) is 24.5 Å². The maximum absolute atomic E-state index is 6.69. The Hall–Kier alpha value is -2.08. The van der Waals surface area contributed by atoms with E-state index < -0.39 is 0 Å². The minimum absolute atomic E-state index is 0.0478. The zero-order valence-electron chi connectivity index (χ0n) is 13.2. The quantitative estimate of drug-likeness (QED) is 0.784. The van der Waals surface area contributed by atoms with Crippen LogP contribution in [0.3, 0.4) is 0 Å². The molecule has 0 aliphatic carbocycles.